The van der Waals surface area contributed by atoms with Gasteiger partial charge in [0.2, 0.25) is 0 Å². The monoisotopic (exact) mass is 332 g/mol. The van der Waals surface area contributed by atoms with Crippen LogP contribution in [0, 0.1) is 11.3 Å². The molecule has 0 aromatic heterocycles. The van der Waals surface area contributed by atoms with Gasteiger partial charge in [0.15, 0.2) is 0 Å². The zero-order valence-corrected chi connectivity index (χ0v) is 15.3. The van der Waals surface area contributed by atoms with E-state index in [0.29, 0.717) is 5.41 Å². The molecule has 0 bridgehead atoms. The second-order valence-electron chi connectivity index (χ2n) is 8.08. The Bertz CT molecular complexity index is 502. The van der Waals surface area contributed by atoms with E-state index < -0.39 is 6.10 Å². The minimum absolute atomic E-state index is 0.0385. The van der Waals surface area contributed by atoms with Crippen LogP contribution >= 0.6 is 0 Å². The molecule has 0 radical (unpaired) electrons. The zero-order valence-electron chi connectivity index (χ0n) is 15.3. The number of aliphatic hydroxyl groups is 1. The van der Waals surface area contributed by atoms with Gasteiger partial charge in [0, 0.05) is 19.6 Å². The predicted molar refractivity (Wildman–Crippen MR) is 97.8 cm³/mol. The molecule has 0 saturated carbocycles. The van der Waals surface area contributed by atoms with E-state index in [9.17, 15) is 9.90 Å². The van der Waals surface area contributed by atoms with Crippen molar-refractivity contribution < 1.29 is 9.90 Å². The summed E-state index contributed by atoms with van der Waals surface area (Å²) in [6, 6.07) is 9.86. The standard InChI is InChI=1S/C20H32N2O2/c1-20(2,3)12-7-13-21-19(24)22-14-10-17(11-15-22)18(23)16-8-5-4-6-9-16/h4-6,8-9,17-18,23H,7,10-15H2,1-3H3,(H,21,24). The van der Waals surface area contributed by atoms with E-state index in [1.54, 1.807) is 0 Å². The molecule has 0 spiro atoms. The third-order valence-corrected chi connectivity index (χ3v) is 4.79. The molecule has 1 aromatic carbocycles. The van der Waals surface area contributed by atoms with E-state index in [2.05, 4.69) is 26.1 Å². The van der Waals surface area contributed by atoms with Crippen LogP contribution in [0.2, 0.25) is 0 Å². The molecule has 2 rings (SSSR count). The minimum atomic E-state index is -0.428. The predicted octanol–water partition coefficient (Wildman–Crippen LogP) is 3.97. The molecule has 1 heterocycles. The van der Waals surface area contributed by atoms with Crippen molar-refractivity contribution in [2.24, 2.45) is 11.3 Å². The summed E-state index contributed by atoms with van der Waals surface area (Å²) < 4.78 is 0. The third kappa shape index (κ3) is 5.82. The Hall–Kier alpha value is -1.55. The van der Waals surface area contributed by atoms with E-state index in [1.807, 2.05) is 35.2 Å². The number of hydrogen-bond acceptors (Lipinski definition) is 2. The van der Waals surface area contributed by atoms with Crippen molar-refractivity contribution in [3.05, 3.63) is 35.9 Å². The molecule has 0 aliphatic carbocycles. The zero-order chi connectivity index (χ0) is 17.6. The number of nitrogens with one attached hydrogen (secondary N) is 1. The summed E-state index contributed by atoms with van der Waals surface area (Å²) >= 11 is 0. The lowest BCUT2D eigenvalue weighted by molar-refractivity contribution is 0.0665. The smallest absolute Gasteiger partial charge is 0.317 e. The first-order valence-corrected chi connectivity index (χ1v) is 9.12. The molecule has 1 fully saturated rings. The lowest BCUT2D eigenvalue weighted by atomic mass is 9.87. The topological polar surface area (TPSA) is 52.6 Å². The SMILES string of the molecule is CC(C)(C)CCCNC(=O)N1CCC(C(O)c2ccccc2)CC1. The number of amides is 2. The van der Waals surface area contributed by atoms with Gasteiger partial charge in [-0.15, -0.1) is 0 Å². The second kappa shape index (κ2) is 8.52. The Morgan fingerprint density at radius 3 is 2.46 bits per heavy atom. The van der Waals surface area contributed by atoms with Crippen LogP contribution in [0.3, 0.4) is 0 Å². The van der Waals surface area contributed by atoms with E-state index >= 15 is 0 Å². The summed E-state index contributed by atoms with van der Waals surface area (Å²) in [7, 11) is 0. The molecule has 4 nitrogen and oxygen atoms in total. The summed E-state index contributed by atoms with van der Waals surface area (Å²) in [5.41, 5.74) is 1.29. The molecular formula is C20H32N2O2. The summed E-state index contributed by atoms with van der Waals surface area (Å²) in [5, 5.41) is 13.5. The molecule has 24 heavy (non-hydrogen) atoms. The summed E-state index contributed by atoms with van der Waals surface area (Å²) in [6.45, 7) is 8.84. The fourth-order valence-corrected chi connectivity index (χ4v) is 3.27. The Balaban J connectivity index is 1.71. The van der Waals surface area contributed by atoms with Crippen LogP contribution in [-0.4, -0.2) is 35.7 Å². The van der Waals surface area contributed by atoms with E-state index in [-0.39, 0.29) is 11.9 Å². The van der Waals surface area contributed by atoms with E-state index in [4.69, 9.17) is 0 Å². The van der Waals surface area contributed by atoms with Gasteiger partial charge in [-0.3, -0.25) is 0 Å². The quantitative estimate of drug-likeness (QED) is 0.802. The molecule has 1 saturated heterocycles. The fraction of sp³-hybridized carbons (Fsp3) is 0.650. The first kappa shape index (κ1) is 18.8. The van der Waals surface area contributed by atoms with Crippen LogP contribution in [0.5, 0.6) is 0 Å². The molecule has 2 N–H and O–H groups in total. The number of aliphatic hydroxyl groups excluding tert-OH is 1. The minimum Gasteiger partial charge on any atom is -0.388 e. The van der Waals surface area contributed by atoms with Crippen LogP contribution in [-0.2, 0) is 0 Å². The first-order valence-electron chi connectivity index (χ1n) is 9.12. The maximum absolute atomic E-state index is 12.2. The summed E-state index contributed by atoms with van der Waals surface area (Å²) in [4.78, 5) is 14.1. The van der Waals surface area contributed by atoms with Crippen molar-refractivity contribution in [1.29, 1.82) is 0 Å². The van der Waals surface area contributed by atoms with Crippen molar-refractivity contribution >= 4 is 6.03 Å². The number of hydrogen-bond donors (Lipinski definition) is 2. The van der Waals surface area contributed by atoms with Crippen LogP contribution in [0.4, 0.5) is 4.79 Å². The van der Waals surface area contributed by atoms with Gasteiger partial charge in [-0.1, -0.05) is 51.1 Å². The highest BCUT2D eigenvalue weighted by atomic mass is 16.3. The molecule has 1 unspecified atom stereocenters. The van der Waals surface area contributed by atoms with Crippen LogP contribution in [0.15, 0.2) is 30.3 Å². The Morgan fingerprint density at radius 2 is 1.88 bits per heavy atom. The molecule has 134 valence electrons. The van der Waals surface area contributed by atoms with Crippen molar-refractivity contribution in [3.63, 3.8) is 0 Å². The summed E-state index contributed by atoms with van der Waals surface area (Å²) in [5.74, 6) is 0.234. The molecule has 1 aliphatic heterocycles. The number of benzene rings is 1. The van der Waals surface area contributed by atoms with Gasteiger partial charge in [-0.25, -0.2) is 4.79 Å². The lowest BCUT2D eigenvalue weighted by Crippen LogP contribution is -2.45. The second-order valence-corrected chi connectivity index (χ2v) is 8.08. The van der Waals surface area contributed by atoms with Crippen LogP contribution in [0.25, 0.3) is 0 Å². The van der Waals surface area contributed by atoms with Gasteiger partial charge in [-0.2, -0.15) is 0 Å². The lowest BCUT2D eigenvalue weighted by Gasteiger charge is -2.34. The normalized spacial score (nSPS) is 17.6. The average molecular weight is 332 g/mol. The highest BCUT2D eigenvalue weighted by Gasteiger charge is 2.28. The van der Waals surface area contributed by atoms with Gasteiger partial charge >= 0.3 is 6.03 Å². The Morgan fingerprint density at radius 1 is 1.25 bits per heavy atom. The van der Waals surface area contributed by atoms with E-state index in [0.717, 1.165) is 50.9 Å². The number of carbonyl (C=O) groups excluding carboxylic acids is 1. The van der Waals surface area contributed by atoms with Gasteiger partial charge < -0.3 is 15.3 Å². The Kier molecular flexibility index (Phi) is 6.67. The highest BCUT2D eigenvalue weighted by molar-refractivity contribution is 5.74. The largest absolute Gasteiger partial charge is 0.388 e. The Labute approximate surface area is 146 Å². The van der Waals surface area contributed by atoms with Gasteiger partial charge in [0.1, 0.15) is 0 Å². The summed E-state index contributed by atoms with van der Waals surface area (Å²) in [6.07, 6.45) is 3.40. The number of piperidine rings is 1. The molecule has 4 heteroatoms. The maximum atomic E-state index is 12.2. The number of carbonyl (C=O) groups is 1. The molecule has 1 atom stereocenters. The number of likely N-dealkylation sites (tertiary alicyclic amines) is 1. The molecule has 1 aliphatic rings. The van der Waals surface area contributed by atoms with Crippen molar-refractivity contribution in [2.75, 3.05) is 19.6 Å². The van der Waals surface area contributed by atoms with Gasteiger partial charge in [-0.05, 0) is 42.6 Å². The first-order chi connectivity index (χ1) is 11.4. The van der Waals surface area contributed by atoms with E-state index in [1.165, 1.54) is 0 Å². The van der Waals surface area contributed by atoms with Crippen molar-refractivity contribution in [2.45, 2.75) is 52.6 Å². The van der Waals surface area contributed by atoms with Gasteiger partial charge in [0.05, 0.1) is 6.10 Å². The fourth-order valence-electron chi connectivity index (χ4n) is 3.27. The maximum Gasteiger partial charge on any atom is 0.317 e. The molecule has 1 aromatic rings. The highest BCUT2D eigenvalue weighted by Crippen LogP contribution is 2.30. The van der Waals surface area contributed by atoms with Crippen molar-refractivity contribution in [1.82, 2.24) is 10.2 Å². The number of rotatable bonds is 5. The van der Waals surface area contributed by atoms with Crippen LogP contribution in [0.1, 0.15) is 58.1 Å². The average Bonchev–Trinajstić information content (AvgIpc) is 2.58. The number of nitrogens with zero attached hydrogens (tertiary/aromatic N) is 1. The third-order valence-electron chi connectivity index (χ3n) is 4.79. The molecular weight excluding hydrogens is 300 g/mol. The molecule has 2 amide bonds. The number of urea groups is 1. The van der Waals surface area contributed by atoms with Crippen LogP contribution < -0.4 is 5.32 Å². The van der Waals surface area contributed by atoms with Gasteiger partial charge in [0.25, 0.3) is 0 Å². The van der Waals surface area contributed by atoms with Crippen molar-refractivity contribution in [3.8, 4) is 0 Å².